The third kappa shape index (κ3) is 2.49. The van der Waals surface area contributed by atoms with E-state index in [9.17, 15) is 9.90 Å². The van der Waals surface area contributed by atoms with Crippen molar-refractivity contribution in [3.05, 3.63) is 39.2 Å². The van der Waals surface area contributed by atoms with Crippen molar-refractivity contribution >= 4 is 11.0 Å². The van der Waals surface area contributed by atoms with Gasteiger partial charge in [-0.2, -0.15) is 0 Å². The molecule has 0 atom stereocenters. The average Bonchev–Trinajstić information content (AvgIpc) is 2.32. The van der Waals surface area contributed by atoms with Crippen LogP contribution >= 0.6 is 0 Å². The fourth-order valence-corrected chi connectivity index (χ4v) is 2.41. The van der Waals surface area contributed by atoms with Crippen LogP contribution in [0.4, 0.5) is 0 Å². The molecule has 102 valence electrons. The van der Waals surface area contributed by atoms with Crippen molar-refractivity contribution < 1.29 is 14.4 Å². The van der Waals surface area contributed by atoms with Crippen LogP contribution in [0, 0.1) is 6.92 Å². The summed E-state index contributed by atoms with van der Waals surface area (Å²) in [6.07, 6.45) is 0.687. The summed E-state index contributed by atoms with van der Waals surface area (Å²) in [4.78, 5) is 12.7. The highest BCUT2D eigenvalue weighted by molar-refractivity contribution is 5.88. The number of phenols is 1. The summed E-state index contributed by atoms with van der Waals surface area (Å²) < 4.78 is 5.20. The Kier molecular flexibility index (Phi) is 3.62. The van der Waals surface area contributed by atoms with Crippen LogP contribution < -0.4 is 10.5 Å². The summed E-state index contributed by atoms with van der Waals surface area (Å²) in [5.41, 5.74) is 2.79. The number of fused-ring (bicyclic) bond motifs is 1. The Morgan fingerprint density at radius 3 is 2.58 bits per heavy atom. The third-order valence-electron chi connectivity index (χ3n) is 3.33. The first kappa shape index (κ1) is 13.6. The largest absolute Gasteiger partial charge is 0.507 e. The smallest absolute Gasteiger partial charge is 0.336 e. The molecule has 2 N–H and O–H groups in total. The van der Waals surface area contributed by atoms with Gasteiger partial charge in [0.25, 0.3) is 0 Å². The van der Waals surface area contributed by atoms with Gasteiger partial charge in [0.2, 0.25) is 0 Å². The Morgan fingerprint density at radius 2 is 2.00 bits per heavy atom. The van der Waals surface area contributed by atoms with Gasteiger partial charge in [-0.15, -0.1) is 0 Å². The molecule has 2 rings (SSSR count). The summed E-state index contributed by atoms with van der Waals surface area (Å²) in [5, 5.41) is 11.2. The van der Waals surface area contributed by atoms with Crippen LogP contribution in [0.3, 0.4) is 0 Å². The lowest BCUT2D eigenvalue weighted by Gasteiger charge is -2.14. The Hall–Kier alpha value is -1.81. The molecule has 2 aromatic rings. The van der Waals surface area contributed by atoms with E-state index in [4.69, 9.17) is 4.42 Å². The number of hydrogen-bond acceptors (Lipinski definition) is 3. The van der Waals surface area contributed by atoms with Gasteiger partial charge in [0.1, 0.15) is 17.9 Å². The molecule has 0 aliphatic carbocycles. The monoisotopic (exact) mass is 262 g/mol. The Balaban J connectivity index is 2.82. The summed E-state index contributed by atoms with van der Waals surface area (Å²) >= 11 is 0. The van der Waals surface area contributed by atoms with E-state index in [2.05, 4.69) is 0 Å². The molecule has 0 fully saturated rings. The van der Waals surface area contributed by atoms with Crippen LogP contribution in [0.5, 0.6) is 5.75 Å². The van der Waals surface area contributed by atoms with E-state index in [1.807, 2.05) is 34.0 Å². The van der Waals surface area contributed by atoms with Crippen molar-refractivity contribution in [2.24, 2.45) is 0 Å². The molecule has 0 radical (unpaired) electrons. The maximum absolute atomic E-state index is 11.5. The molecule has 0 spiro atoms. The average molecular weight is 262 g/mol. The lowest BCUT2D eigenvalue weighted by atomic mass is 9.99. The molecule has 0 aliphatic rings. The first-order valence-electron chi connectivity index (χ1n) is 6.51. The molecule has 0 amide bonds. The fourth-order valence-electron chi connectivity index (χ4n) is 2.41. The normalized spacial score (nSPS) is 11.4. The topological polar surface area (TPSA) is 54.9 Å². The van der Waals surface area contributed by atoms with Gasteiger partial charge in [-0.1, -0.05) is 6.92 Å². The van der Waals surface area contributed by atoms with Crippen LogP contribution in [-0.4, -0.2) is 19.2 Å². The minimum absolute atomic E-state index is 0.247. The molecular formula is C15H20NO3+. The Morgan fingerprint density at radius 1 is 1.32 bits per heavy atom. The summed E-state index contributed by atoms with van der Waals surface area (Å²) in [5.74, 6) is 0.247. The van der Waals surface area contributed by atoms with Crippen LogP contribution in [0.25, 0.3) is 11.0 Å². The van der Waals surface area contributed by atoms with E-state index in [0.717, 1.165) is 23.2 Å². The molecule has 19 heavy (non-hydrogen) atoms. The van der Waals surface area contributed by atoms with E-state index in [-0.39, 0.29) is 11.4 Å². The standard InChI is InChI=1S/C15H19NO3/c1-5-10-7-13(17)19-12-6-9(2)11(8-16(3)4)15(18)14(10)12/h6-7,18H,5,8H2,1-4H3/p+1. The van der Waals surface area contributed by atoms with Gasteiger partial charge in [-0.05, 0) is 30.5 Å². The molecule has 1 aromatic carbocycles. The van der Waals surface area contributed by atoms with Crippen molar-refractivity contribution in [1.82, 2.24) is 0 Å². The lowest BCUT2D eigenvalue weighted by Crippen LogP contribution is -3.04. The number of hydrogen-bond donors (Lipinski definition) is 2. The molecule has 0 bridgehead atoms. The van der Waals surface area contributed by atoms with Gasteiger partial charge in [0.05, 0.1) is 25.0 Å². The van der Waals surface area contributed by atoms with Gasteiger partial charge in [0, 0.05) is 6.07 Å². The molecular weight excluding hydrogens is 242 g/mol. The van der Waals surface area contributed by atoms with Crippen molar-refractivity contribution in [2.45, 2.75) is 26.8 Å². The molecule has 0 saturated carbocycles. The minimum atomic E-state index is -0.367. The van der Waals surface area contributed by atoms with Crippen molar-refractivity contribution in [3.8, 4) is 5.75 Å². The van der Waals surface area contributed by atoms with E-state index < -0.39 is 0 Å². The van der Waals surface area contributed by atoms with Crippen LogP contribution in [0.15, 0.2) is 21.3 Å². The zero-order valence-electron chi connectivity index (χ0n) is 11.8. The first-order chi connectivity index (χ1) is 8.93. The molecule has 0 aliphatic heterocycles. The Labute approximate surface area is 112 Å². The van der Waals surface area contributed by atoms with E-state index in [0.29, 0.717) is 17.4 Å². The number of phenolic OH excluding ortho intramolecular Hbond substituents is 1. The van der Waals surface area contributed by atoms with E-state index in [1.54, 1.807) is 0 Å². The second-order valence-corrected chi connectivity index (χ2v) is 5.22. The zero-order chi connectivity index (χ0) is 14.2. The molecule has 0 unspecified atom stereocenters. The minimum Gasteiger partial charge on any atom is -0.507 e. The number of benzene rings is 1. The Bertz CT molecular complexity index is 671. The van der Waals surface area contributed by atoms with Gasteiger partial charge in [-0.3, -0.25) is 0 Å². The van der Waals surface area contributed by atoms with Gasteiger partial charge >= 0.3 is 5.63 Å². The van der Waals surface area contributed by atoms with Crippen LogP contribution in [-0.2, 0) is 13.0 Å². The van der Waals surface area contributed by atoms with Crippen molar-refractivity contribution in [2.75, 3.05) is 14.1 Å². The van der Waals surface area contributed by atoms with Crippen LogP contribution in [0.1, 0.15) is 23.6 Å². The fraction of sp³-hybridized carbons (Fsp3) is 0.400. The SMILES string of the molecule is CCc1cc(=O)oc2cc(C)c(C[NH+](C)C)c(O)c12. The maximum atomic E-state index is 11.5. The number of aryl methyl sites for hydroxylation is 2. The summed E-state index contributed by atoms with van der Waals surface area (Å²) in [7, 11) is 4.07. The summed E-state index contributed by atoms with van der Waals surface area (Å²) in [6, 6.07) is 3.30. The zero-order valence-corrected chi connectivity index (χ0v) is 11.8. The first-order valence-corrected chi connectivity index (χ1v) is 6.51. The number of rotatable bonds is 3. The molecule has 4 heteroatoms. The van der Waals surface area contributed by atoms with E-state index in [1.165, 1.54) is 11.0 Å². The number of nitrogens with one attached hydrogen (secondary N) is 1. The predicted molar refractivity (Wildman–Crippen MR) is 74.8 cm³/mol. The second-order valence-electron chi connectivity index (χ2n) is 5.22. The van der Waals surface area contributed by atoms with Gasteiger partial charge in [-0.25, -0.2) is 4.79 Å². The number of quaternary nitrogens is 1. The highest BCUT2D eigenvalue weighted by atomic mass is 16.4. The molecule has 4 nitrogen and oxygen atoms in total. The molecule has 1 aromatic heterocycles. The molecule has 0 saturated heterocycles. The van der Waals surface area contributed by atoms with Gasteiger partial charge in [0.15, 0.2) is 0 Å². The quantitative estimate of drug-likeness (QED) is 0.812. The van der Waals surface area contributed by atoms with Crippen LogP contribution in [0.2, 0.25) is 0 Å². The lowest BCUT2D eigenvalue weighted by molar-refractivity contribution is -0.872. The predicted octanol–water partition coefficient (Wildman–Crippen LogP) is 1.01. The van der Waals surface area contributed by atoms with Crippen molar-refractivity contribution in [3.63, 3.8) is 0 Å². The maximum Gasteiger partial charge on any atom is 0.336 e. The highest BCUT2D eigenvalue weighted by Crippen LogP contribution is 2.33. The second kappa shape index (κ2) is 5.05. The van der Waals surface area contributed by atoms with E-state index >= 15 is 0 Å². The molecule has 1 heterocycles. The number of aromatic hydroxyl groups is 1. The summed E-state index contributed by atoms with van der Waals surface area (Å²) in [6.45, 7) is 4.62. The highest BCUT2D eigenvalue weighted by Gasteiger charge is 2.17. The van der Waals surface area contributed by atoms with Crippen molar-refractivity contribution in [1.29, 1.82) is 0 Å². The third-order valence-corrected chi connectivity index (χ3v) is 3.33. The van der Waals surface area contributed by atoms with Gasteiger partial charge < -0.3 is 14.4 Å².